The van der Waals surface area contributed by atoms with Crippen molar-refractivity contribution in [3.8, 4) is 34.2 Å². The molecule has 0 saturated carbocycles. The van der Waals surface area contributed by atoms with E-state index in [-0.39, 0.29) is 0 Å². The van der Waals surface area contributed by atoms with Crippen molar-refractivity contribution in [3.63, 3.8) is 0 Å². The van der Waals surface area contributed by atoms with E-state index >= 15 is 0 Å². The molecule has 9 aromatic rings. The van der Waals surface area contributed by atoms with Crippen LogP contribution in [0.1, 0.15) is 11.3 Å². The molecule has 0 saturated heterocycles. The molecular formula is C41H26N4O. The number of hydrogen-bond donors (Lipinski definition) is 1. The maximum atomic E-state index is 7.87. The predicted molar refractivity (Wildman–Crippen MR) is 189 cm³/mol. The van der Waals surface area contributed by atoms with E-state index in [4.69, 9.17) is 24.8 Å². The highest BCUT2D eigenvalue weighted by Gasteiger charge is 2.20. The van der Waals surface area contributed by atoms with Gasteiger partial charge < -0.3 is 9.83 Å². The third-order valence-corrected chi connectivity index (χ3v) is 9.03. The van der Waals surface area contributed by atoms with E-state index in [1.165, 1.54) is 27.8 Å². The van der Waals surface area contributed by atoms with Crippen LogP contribution in [-0.2, 0) is 0 Å². The van der Waals surface area contributed by atoms with Crippen molar-refractivity contribution in [2.24, 2.45) is 0 Å². The maximum absolute atomic E-state index is 7.87. The Bertz CT molecular complexity index is 2690. The molecule has 0 amide bonds. The summed E-state index contributed by atoms with van der Waals surface area (Å²) in [6.07, 6.45) is 1.25. The van der Waals surface area contributed by atoms with Crippen molar-refractivity contribution < 1.29 is 4.42 Å². The number of nitrogens with one attached hydrogen (secondary N) is 1. The normalized spacial score (nSPS) is 11.7. The smallest absolute Gasteiger partial charge is 0.164 e. The van der Waals surface area contributed by atoms with Gasteiger partial charge in [-0.2, -0.15) is 0 Å². The highest BCUT2D eigenvalue weighted by Crippen LogP contribution is 2.38. The van der Waals surface area contributed by atoms with E-state index in [1.807, 2.05) is 37.3 Å². The van der Waals surface area contributed by atoms with Gasteiger partial charge in [0.25, 0.3) is 0 Å². The molecule has 2 heterocycles. The molecule has 5 heteroatoms. The molecule has 0 unspecified atom stereocenters. The third-order valence-electron chi connectivity index (χ3n) is 9.03. The molecule has 1 N–H and O–H groups in total. The number of aryl methyl sites for hydroxylation is 1. The number of benzene rings is 7. The van der Waals surface area contributed by atoms with E-state index in [2.05, 4.69) is 97.1 Å². The largest absolute Gasteiger partial charge is 0.455 e. The zero-order chi connectivity index (χ0) is 30.8. The van der Waals surface area contributed by atoms with E-state index in [0.717, 1.165) is 49.2 Å². The Morgan fingerprint density at radius 1 is 0.522 bits per heavy atom. The molecule has 0 fully saturated rings. The van der Waals surface area contributed by atoms with Crippen LogP contribution in [0.4, 0.5) is 0 Å². The Kier molecular flexibility index (Phi) is 5.80. The van der Waals surface area contributed by atoms with Crippen molar-refractivity contribution >= 4 is 60.3 Å². The fraction of sp³-hybridized carbons (Fsp3) is 0.0244. The summed E-state index contributed by atoms with van der Waals surface area (Å²) in [4.78, 5) is 15.4. The summed E-state index contributed by atoms with van der Waals surface area (Å²) in [7, 11) is 0. The van der Waals surface area contributed by atoms with E-state index < -0.39 is 0 Å². The summed E-state index contributed by atoms with van der Waals surface area (Å²) in [5.74, 6) is 2.28. The summed E-state index contributed by atoms with van der Waals surface area (Å²) in [5, 5.41) is 18.2. The lowest BCUT2D eigenvalue weighted by Gasteiger charge is -2.13. The number of fused-ring (bicyclic) bond motifs is 7. The molecule has 5 nitrogen and oxygen atoms in total. The van der Waals surface area contributed by atoms with Crippen LogP contribution in [-0.4, -0.2) is 21.2 Å². The molecular weight excluding hydrogens is 564 g/mol. The molecule has 7 aromatic carbocycles. The summed E-state index contributed by atoms with van der Waals surface area (Å²) < 4.78 is 6.00. The molecule has 9 rings (SSSR count). The van der Waals surface area contributed by atoms with Crippen LogP contribution in [0.15, 0.2) is 132 Å². The van der Waals surface area contributed by atoms with Crippen LogP contribution in [0.3, 0.4) is 0 Å². The topological polar surface area (TPSA) is 75.7 Å². The van der Waals surface area contributed by atoms with Gasteiger partial charge in [-0.1, -0.05) is 115 Å². The Labute approximate surface area is 264 Å². The van der Waals surface area contributed by atoms with Gasteiger partial charge >= 0.3 is 0 Å². The maximum Gasteiger partial charge on any atom is 0.164 e. The van der Waals surface area contributed by atoms with Crippen LogP contribution in [0, 0.1) is 12.3 Å². The van der Waals surface area contributed by atoms with Crippen molar-refractivity contribution in [3.05, 3.63) is 139 Å². The number of furan rings is 1. The van der Waals surface area contributed by atoms with Gasteiger partial charge in [-0.05, 0) is 62.1 Å². The van der Waals surface area contributed by atoms with Crippen LogP contribution >= 0.6 is 0 Å². The van der Waals surface area contributed by atoms with Gasteiger partial charge in [-0.25, -0.2) is 15.0 Å². The standard InChI is InChI=1S/C41H26N4O/c1-24-37(23-42)46-36-15-7-14-35(38(24)36)41-44-39(28-17-16-25-8-2-3-10-27(25)22-28)43-40(45-41)34-13-6-12-30-32-19-18-26-9-4-5-11-29(26)31(32)20-21-33(30)34/h2-23,42H,1H3. The van der Waals surface area contributed by atoms with Gasteiger partial charge in [0, 0.05) is 27.6 Å². The first kappa shape index (κ1) is 26.2. The highest BCUT2D eigenvalue weighted by atomic mass is 16.3. The van der Waals surface area contributed by atoms with Crippen molar-refractivity contribution in [1.29, 1.82) is 5.41 Å². The van der Waals surface area contributed by atoms with E-state index in [1.54, 1.807) is 0 Å². The fourth-order valence-electron chi connectivity index (χ4n) is 6.77. The molecule has 216 valence electrons. The zero-order valence-corrected chi connectivity index (χ0v) is 25.0. The zero-order valence-electron chi connectivity index (χ0n) is 25.0. The minimum Gasteiger partial charge on any atom is -0.455 e. The summed E-state index contributed by atoms with van der Waals surface area (Å²) >= 11 is 0. The first-order valence-corrected chi connectivity index (χ1v) is 15.3. The Balaban J connectivity index is 1.33. The Morgan fingerprint density at radius 3 is 2.00 bits per heavy atom. The Hall–Kier alpha value is -6.20. The first-order valence-electron chi connectivity index (χ1n) is 15.3. The summed E-state index contributed by atoms with van der Waals surface area (Å²) in [6, 6.07) is 44.2. The van der Waals surface area contributed by atoms with Crippen molar-refractivity contribution in [2.75, 3.05) is 0 Å². The van der Waals surface area contributed by atoms with Crippen LogP contribution in [0.5, 0.6) is 0 Å². The van der Waals surface area contributed by atoms with Gasteiger partial charge in [-0.15, -0.1) is 0 Å². The second-order valence-electron chi connectivity index (χ2n) is 11.6. The summed E-state index contributed by atoms with van der Waals surface area (Å²) in [6.45, 7) is 1.97. The molecule has 0 atom stereocenters. The lowest BCUT2D eigenvalue weighted by atomic mass is 9.95. The average Bonchev–Trinajstić information content (AvgIpc) is 3.46. The third kappa shape index (κ3) is 4.02. The van der Waals surface area contributed by atoms with Crippen LogP contribution < -0.4 is 0 Å². The van der Waals surface area contributed by atoms with Crippen molar-refractivity contribution in [2.45, 2.75) is 6.92 Å². The number of rotatable bonds is 4. The highest BCUT2D eigenvalue weighted by molar-refractivity contribution is 6.19. The van der Waals surface area contributed by atoms with Gasteiger partial charge in [0.1, 0.15) is 11.3 Å². The lowest BCUT2D eigenvalue weighted by Crippen LogP contribution is -2.01. The van der Waals surface area contributed by atoms with Gasteiger partial charge in [-0.3, -0.25) is 0 Å². The second kappa shape index (κ2) is 10.2. The van der Waals surface area contributed by atoms with Crippen LogP contribution in [0.2, 0.25) is 0 Å². The number of hydrogen-bond acceptors (Lipinski definition) is 5. The monoisotopic (exact) mass is 590 g/mol. The lowest BCUT2D eigenvalue weighted by molar-refractivity contribution is 0.604. The van der Waals surface area contributed by atoms with Gasteiger partial charge in [0.15, 0.2) is 17.5 Å². The molecule has 0 aliphatic rings. The number of aromatic nitrogens is 3. The fourth-order valence-corrected chi connectivity index (χ4v) is 6.77. The van der Waals surface area contributed by atoms with Crippen LogP contribution in [0.25, 0.3) is 88.2 Å². The molecule has 0 spiro atoms. The second-order valence-corrected chi connectivity index (χ2v) is 11.6. The molecule has 2 aromatic heterocycles. The van der Waals surface area contributed by atoms with E-state index in [0.29, 0.717) is 28.8 Å². The van der Waals surface area contributed by atoms with Crippen molar-refractivity contribution in [1.82, 2.24) is 15.0 Å². The molecule has 0 aliphatic heterocycles. The first-order chi connectivity index (χ1) is 22.7. The minimum atomic E-state index is 0.528. The van der Waals surface area contributed by atoms with E-state index in [9.17, 15) is 0 Å². The molecule has 0 bridgehead atoms. The quantitative estimate of drug-likeness (QED) is 0.163. The van der Waals surface area contributed by atoms with Gasteiger partial charge in [0.2, 0.25) is 0 Å². The summed E-state index contributed by atoms with van der Waals surface area (Å²) in [5.41, 5.74) is 4.28. The SMILES string of the molecule is Cc1c(C=N)oc2cccc(-c3nc(-c4ccc5ccccc5c4)nc(-c4cccc5c4ccc4c6ccccc6ccc54)n3)c12. The molecule has 0 radical (unpaired) electrons. The number of nitrogens with zero attached hydrogens (tertiary/aromatic N) is 3. The molecule has 0 aliphatic carbocycles. The average molecular weight is 591 g/mol. The minimum absolute atomic E-state index is 0.528. The predicted octanol–water partition coefficient (Wildman–Crippen LogP) is 10.5. The Morgan fingerprint density at radius 2 is 1.13 bits per heavy atom. The molecule has 46 heavy (non-hydrogen) atoms. The van der Waals surface area contributed by atoms with Gasteiger partial charge in [0.05, 0.1) is 6.21 Å².